The van der Waals surface area contributed by atoms with Crippen LogP contribution in [0.25, 0.3) is 43.6 Å². The van der Waals surface area contributed by atoms with E-state index in [0.29, 0.717) is 59.0 Å². The van der Waals surface area contributed by atoms with Gasteiger partial charge in [-0.2, -0.15) is 0 Å². The van der Waals surface area contributed by atoms with E-state index in [2.05, 4.69) is 25.6 Å². The maximum Gasteiger partial charge on any atom is 0.262 e. The molecule has 2 amide bonds. The third kappa shape index (κ3) is 8.37. The van der Waals surface area contributed by atoms with Crippen LogP contribution in [0.4, 0.5) is 0 Å². The van der Waals surface area contributed by atoms with E-state index in [4.69, 9.17) is 32.9 Å². The van der Waals surface area contributed by atoms with Crippen molar-refractivity contribution in [1.82, 2.24) is 39.7 Å². The van der Waals surface area contributed by atoms with E-state index in [1.54, 1.807) is 22.8 Å². The van der Waals surface area contributed by atoms with Gasteiger partial charge in [-0.15, -0.1) is 0 Å². The summed E-state index contributed by atoms with van der Waals surface area (Å²) in [5, 5.41) is 9.60. The molecule has 4 N–H and O–H groups in total. The molecule has 2 aliphatic heterocycles. The average molecular weight is 968 g/mol. The Bertz CT molecular complexity index is 3770. The maximum atomic E-state index is 14.1. The molecule has 0 saturated carbocycles. The van der Waals surface area contributed by atoms with Gasteiger partial charge in [-0.1, -0.05) is 114 Å². The zero-order chi connectivity index (χ0) is 48.0. The normalized spacial score (nSPS) is 17.4. The minimum Gasteiger partial charge on any atom is -0.489 e. The number of aromatic amines is 2. The van der Waals surface area contributed by atoms with Gasteiger partial charge in [-0.05, 0) is 84.1 Å². The van der Waals surface area contributed by atoms with Crippen LogP contribution in [0.5, 0.6) is 5.75 Å². The van der Waals surface area contributed by atoms with Gasteiger partial charge in [0.05, 0.1) is 38.9 Å². The summed E-state index contributed by atoms with van der Waals surface area (Å²) >= 11 is 12.8. The highest BCUT2D eigenvalue weighted by atomic mass is 35.5. The maximum absolute atomic E-state index is 14.1. The number of nitrogens with zero attached hydrogens (tertiary/aromatic N) is 4. The van der Waals surface area contributed by atoms with Gasteiger partial charge in [0.25, 0.3) is 11.1 Å². The molecule has 2 aliphatic rings. The Morgan fingerprint density at radius 1 is 0.571 bits per heavy atom. The van der Waals surface area contributed by atoms with Crippen molar-refractivity contribution in [1.29, 1.82) is 0 Å². The summed E-state index contributed by atoms with van der Waals surface area (Å²) in [6, 6.07) is 41.6. The molecule has 10 aromatic rings. The fourth-order valence-electron chi connectivity index (χ4n) is 9.73. The fraction of sp³-hybridized carbons (Fsp3) is 0.164. The number of halogens is 2. The summed E-state index contributed by atoms with van der Waals surface area (Å²) in [7, 11) is 0. The van der Waals surface area contributed by atoms with Crippen molar-refractivity contribution in [2.24, 2.45) is 0 Å². The molecule has 4 atom stereocenters. The van der Waals surface area contributed by atoms with E-state index in [0.717, 1.165) is 49.8 Å². The highest BCUT2D eigenvalue weighted by Crippen LogP contribution is 2.34. The molecule has 0 saturated heterocycles. The molecule has 0 spiro atoms. The number of hydrogen-bond acceptors (Lipinski definition) is 7. The first-order valence-corrected chi connectivity index (χ1v) is 23.7. The minimum absolute atomic E-state index is 0.153. The zero-order valence-corrected chi connectivity index (χ0v) is 39.2. The van der Waals surface area contributed by atoms with Gasteiger partial charge in [0, 0.05) is 52.1 Å². The van der Waals surface area contributed by atoms with Gasteiger partial charge in [-0.25, -0.2) is 9.97 Å². The van der Waals surface area contributed by atoms with Crippen LogP contribution in [0.15, 0.2) is 162 Å². The Kier molecular flexibility index (Phi) is 11.8. The van der Waals surface area contributed by atoms with E-state index >= 15 is 0 Å². The fourth-order valence-corrected chi connectivity index (χ4v) is 10.3. The van der Waals surface area contributed by atoms with E-state index in [9.17, 15) is 19.2 Å². The van der Waals surface area contributed by atoms with Crippen LogP contribution in [0.3, 0.4) is 0 Å². The second-order valence-corrected chi connectivity index (χ2v) is 18.5. The van der Waals surface area contributed by atoms with E-state index in [-0.39, 0.29) is 39.4 Å². The summed E-state index contributed by atoms with van der Waals surface area (Å²) in [6.45, 7) is 2.32. The van der Waals surface area contributed by atoms with E-state index < -0.39 is 18.1 Å². The lowest BCUT2D eigenvalue weighted by atomic mass is 9.97. The first kappa shape index (κ1) is 44.5. The molecule has 6 aromatic carbocycles. The number of H-pyrrole nitrogens is 2. The minimum atomic E-state index is -0.804. The molecule has 348 valence electrons. The predicted octanol–water partition coefficient (Wildman–Crippen LogP) is 9.81. The molecule has 0 unspecified atom stereocenters. The van der Waals surface area contributed by atoms with Gasteiger partial charge >= 0.3 is 0 Å². The molecule has 0 fully saturated rings. The summed E-state index contributed by atoms with van der Waals surface area (Å²) in [5.74, 6) is 1.39. The van der Waals surface area contributed by atoms with Crippen LogP contribution in [0.2, 0.25) is 10.0 Å². The van der Waals surface area contributed by atoms with Gasteiger partial charge < -0.3 is 25.3 Å². The summed E-state index contributed by atoms with van der Waals surface area (Å²) < 4.78 is 9.04. The third-order valence-corrected chi connectivity index (χ3v) is 13.7. The van der Waals surface area contributed by atoms with Gasteiger partial charge in [-0.3, -0.25) is 28.3 Å². The Labute approximate surface area is 410 Å². The SMILES string of the molecule is C[C@H]1NC(=O)[C@@H](Cc2c[nH]c3ccccc23)n2c1nc1ccccc1c2=O.O=C1N[C@@H](Cc2ccc(OCc3ccccc3)cc2)c2nc3c(Cl)cc(Cl)cc3c(=O)n2[C@@H]1Cc1c[nH]c2ccccc12. The summed E-state index contributed by atoms with van der Waals surface area (Å²) in [5.41, 5.74) is 6.46. The molecular weight excluding hydrogens is 924 g/mol. The topological polar surface area (TPSA) is 169 Å². The van der Waals surface area contributed by atoms with E-state index in [1.165, 1.54) is 4.57 Å². The second kappa shape index (κ2) is 18.5. The Morgan fingerprint density at radius 2 is 1.14 bits per heavy atom. The molecule has 13 nitrogen and oxygen atoms in total. The first-order chi connectivity index (χ1) is 34.1. The highest BCUT2D eigenvalue weighted by Gasteiger charge is 2.37. The standard InChI is InChI=1S/C34H26Cl2N4O3.C21H18N4O2/c35-23-16-26-31(27(36)17-23)39-32-29(14-20-10-12-24(13-11-20)43-19-21-6-2-1-3-7-21)38-33(41)30(40(32)34(26)42)15-22-18-37-28-9-5-4-8-25(22)28;1-12-19-24-17-9-5-3-7-15(17)21(27)25(19)18(20(26)23-12)10-13-11-22-16-8-4-2-6-14(13)16/h1-13,16-18,29-30,37H,14-15,19H2,(H,38,41);2-9,11-12,18,22H,10H2,1H3,(H,23,26)/t29-,30+;12-,18-/m01/s1. The number of amides is 2. The van der Waals surface area contributed by atoms with Crippen molar-refractivity contribution in [2.45, 2.75) is 57.0 Å². The van der Waals surface area contributed by atoms with Crippen molar-refractivity contribution in [3.8, 4) is 5.75 Å². The van der Waals surface area contributed by atoms with Crippen LogP contribution >= 0.6 is 23.2 Å². The number of para-hydroxylation sites is 3. The first-order valence-electron chi connectivity index (χ1n) is 23.0. The molecule has 6 heterocycles. The molecule has 4 aromatic heterocycles. The predicted molar refractivity (Wildman–Crippen MR) is 272 cm³/mol. The average Bonchev–Trinajstić information content (AvgIpc) is 3.98. The number of aromatic nitrogens is 6. The van der Waals surface area contributed by atoms with Crippen molar-refractivity contribution in [3.63, 3.8) is 0 Å². The second-order valence-electron chi connectivity index (χ2n) is 17.7. The van der Waals surface area contributed by atoms with Crippen LogP contribution in [-0.4, -0.2) is 40.9 Å². The smallest absolute Gasteiger partial charge is 0.262 e. The Morgan fingerprint density at radius 3 is 1.81 bits per heavy atom. The highest BCUT2D eigenvalue weighted by molar-refractivity contribution is 6.38. The lowest BCUT2D eigenvalue weighted by Gasteiger charge is -2.33. The van der Waals surface area contributed by atoms with Crippen molar-refractivity contribution < 1.29 is 14.3 Å². The Hall–Kier alpha value is -8.00. The quantitative estimate of drug-likeness (QED) is 0.112. The lowest BCUT2D eigenvalue weighted by Crippen LogP contribution is -2.49. The number of carbonyl (C=O) groups excluding carboxylic acids is 2. The summed E-state index contributed by atoms with van der Waals surface area (Å²) in [6.07, 6.45) is 4.96. The van der Waals surface area contributed by atoms with Crippen LogP contribution in [-0.2, 0) is 35.5 Å². The number of carbonyl (C=O) groups is 2. The van der Waals surface area contributed by atoms with Crippen molar-refractivity contribution in [3.05, 3.63) is 217 Å². The summed E-state index contributed by atoms with van der Waals surface area (Å²) in [4.78, 5) is 69.9. The number of rotatable bonds is 9. The molecule has 15 heteroatoms. The van der Waals surface area contributed by atoms with Crippen molar-refractivity contribution in [2.75, 3.05) is 0 Å². The molecule has 0 bridgehead atoms. The lowest BCUT2D eigenvalue weighted by molar-refractivity contribution is -0.127. The number of nitrogens with one attached hydrogen (secondary N) is 4. The van der Waals surface area contributed by atoms with Crippen LogP contribution in [0, 0.1) is 0 Å². The third-order valence-electron chi connectivity index (χ3n) is 13.2. The molecular formula is C55H44Cl2N8O5. The monoisotopic (exact) mass is 966 g/mol. The molecule has 0 radical (unpaired) electrons. The number of ether oxygens (including phenoxy) is 1. The number of benzene rings is 6. The molecule has 0 aliphatic carbocycles. The van der Waals surface area contributed by atoms with E-state index in [1.807, 2.05) is 141 Å². The van der Waals surface area contributed by atoms with Crippen molar-refractivity contribution >= 4 is 78.6 Å². The number of fused-ring (bicyclic) bond motifs is 6. The molecule has 12 rings (SSSR count). The van der Waals surface area contributed by atoms with Gasteiger partial charge in [0.2, 0.25) is 11.8 Å². The van der Waals surface area contributed by atoms with Crippen LogP contribution in [0.1, 0.15) is 65.0 Å². The zero-order valence-electron chi connectivity index (χ0n) is 37.7. The number of hydrogen-bond donors (Lipinski definition) is 4. The Balaban J connectivity index is 0.000000169. The van der Waals surface area contributed by atoms with Gasteiger partial charge in [0.1, 0.15) is 36.1 Å². The van der Waals surface area contributed by atoms with Crippen LogP contribution < -0.4 is 26.5 Å². The molecule has 70 heavy (non-hydrogen) atoms. The van der Waals surface area contributed by atoms with Gasteiger partial charge in [0.15, 0.2) is 0 Å². The largest absolute Gasteiger partial charge is 0.489 e.